The van der Waals surface area contributed by atoms with E-state index in [0.717, 1.165) is 12.1 Å². The standard InChI is InChI=1S/C16H15F2N5O3S/c17-13(18)15-21-22-16(27-15)20-11(24)8-19-14(26)9-3-5-10(6-4-9)23-7-1-2-12(23)25/h3-6,13H,1-2,7-8H2,(H,19,26)(H,20,22,24). The van der Waals surface area contributed by atoms with Gasteiger partial charge in [-0.1, -0.05) is 11.3 Å². The van der Waals surface area contributed by atoms with Crippen LogP contribution in [0.3, 0.4) is 0 Å². The smallest absolute Gasteiger partial charge is 0.291 e. The Hall–Kier alpha value is -2.95. The highest BCUT2D eigenvalue weighted by molar-refractivity contribution is 7.15. The Kier molecular flexibility index (Phi) is 5.69. The molecule has 8 nitrogen and oxygen atoms in total. The van der Waals surface area contributed by atoms with E-state index in [1.54, 1.807) is 29.2 Å². The van der Waals surface area contributed by atoms with Crippen LogP contribution in [0.1, 0.15) is 34.6 Å². The van der Waals surface area contributed by atoms with E-state index < -0.39 is 23.2 Å². The number of carbonyl (C=O) groups is 3. The number of anilines is 2. The maximum atomic E-state index is 12.4. The predicted molar refractivity (Wildman–Crippen MR) is 93.9 cm³/mol. The van der Waals surface area contributed by atoms with Crippen LogP contribution in [0.4, 0.5) is 19.6 Å². The van der Waals surface area contributed by atoms with Crippen molar-refractivity contribution in [1.29, 1.82) is 0 Å². The predicted octanol–water partition coefficient (Wildman–Crippen LogP) is 1.97. The Morgan fingerprint density at radius 2 is 1.96 bits per heavy atom. The highest BCUT2D eigenvalue weighted by Gasteiger charge is 2.21. The third kappa shape index (κ3) is 4.61. The van der Waals surface area contributed by atoms with E-state index in [9.17, 15) is 23.2 Å². The topological polar surface area (TPSA) is 104 Å². The number of hydrogen-bond acceptors (Lipinski definition) is 6. The lowest BCUT2D eigenvalue weighted by Gasteiger charge is -2.15. The zero-order valence-corrected chi connectivity index (χ0v) is 14.8. The number of alkyl halides is 2. The van der Waals surface area contributed by atoms with E-state index in [2.05, 4.69) is 20.8 Å². The summed E-state index contributed by atoms with van der Waals surface area (Å²) in [6, 6.07) is 6.47. The average Bonchev–Trinajstić information content (AvgIpc) is 3.29. The van der Waals surface area contributed by atoms with Gasteiger partial charge < -0.3 is 10.2 Å². The minimum atomic E-state index is -2.76. The zero-order chi connectivity index (χ0) is 19.4. The lowest BCUT2D eigenvalue weighted by molar-refractivity contribution is -0.117. The number of nitrogens with one attached hydrogen (secondary N) is 2. The van der Waals surface area contributed by atoms with Gasteiger partial charge in [0.05, 0.1) is 6.54 Å². The number of rotatable bonds is 6. The molecule has 2 N–H and O–H groups in total. The van der Waals surface area contributed by atoms with Crippen LogP contribution in [-0.2, 0) is 9.59 Å². The molecule has 1 aliphatic heterocycles. The fourth-order valence-electron chi connectivity index (χ4n) is 2.51. The molecule has 0 saturated carbocycles. The molecular weight excluding hydrogens is 380 g/mol. The van der Waals surface area contributed by atoms with Crippen LogP contribution < -0.4 is 15.5 Å². The zero-order valence-electron chi connectivity index (χ0n) is 13.9. The first-order valence-electron chi connectivity index (χ1n) is 8.04. The van der Waals surface area contributed by atoms with Gasteiger partial charge in [0.2, 0.25) is 16.9 Å². The van der Waals surface area contributed by atoms with Crippen LogP contribution in [0.5, 0.6) is 0 Å². The number of aromatic nitrogens is 2. The summed E-state index contributed by atoms with van der Waals surface area (Å²) in [6.45, 7) is 0.304. The first kappa shape index (κ1) is 18.8. The van der Waals surface area contributed by atoms with Crippen molar-refractivity contribution in [2.45, 2.75) is 19.3 Å². The molecule has 142 valence electrons. The van der Waals surface area contributed by atoms with E-state index in [4.69, 9.17) is 0 Å². The average molecular weight is 395 g/mol. The summed E-state index contributed by atoms with van der Waals surface area (Å²) in [5.41, 5.74) is 1.05. The molecule has 3 rings (SSSR count). The number of hydrogen-bond donors (Lipinski definition) is 2. The van der Waals surface area contributed by atoms with Gasteiger partial charge in [0.15, 0.2) is 5.01 Å². The van der Waals surface area contributed by atoms with Crippen LogP contribution in [0.15, 0.2) is 24.3 Å². The van der Waals surface area contributed by atoms with Gasteiger partial charge in [-0.3, -0.25) is 19.7 Å². The van der Waals surface area contributed by atoms with Crippen molar-refractivity contribution in [2.75, 3.05) is 23.3 Å². The fourth-order valence-corrected chi connectivity index (χ4v) is 3.13. The second-order valence-corrected chi connectivity index (χ2v) is 6.68. The van der Waals surface area contributed by atoms with Crippen molar-refractivity contribution < 1.29 is 23.2 Å². The van der Waals surface area contributed by atoms with Crippen LogP contribution in [0, 0.1) is 0 Å². The molecule has 1 aromatic heterocycles. The number of benzene rings is 1. The first-order chi connectivity index (χ1) is 12.9. The van der Waals surface area contributed by atoms with E-state index in [1.807, 2.05) is 0 Å². The second-order valence-electron chi connectivity index (χ2n) is 5.67. The third-order valence-electron chi connectivity index (χ3n) is 3.80. The number of halogens is 2. The molecule has 0 unspecified atom stereocenters. The van der Waals surface area contributed by atoms with Gasteiger partial charge in [-0.25, -0.2) is 8.78 Å². The number of carbonyl (C=O) groups excluding carboxylic acids is 3. The summed E-state index contributed by atoms with van der Waals surface area (Å²) in [6.07, 6.45) is -1.43. The quantitative estimate of drug-likeness (QED) is 0.778. The van der Waals surface area contributed by atoms with E-state index in [1.165, 1.54) is 0 Å². The normalized spacial score (nSPS) is 13.9. The van der Waals surface area contributed by atoms with Crippen molar-refractivity contribution in [2.24, 2.45) is 0 Å². The second kappa shape index (κ2) is 8.16. The summed E-state index contributed by atoms with van der Waals surface area (Å²) in [5, 5.41) is 10.8. The summed E-state index contributed by atoms with van der Waals surface area (Å²) in [4.78, 5) is 37.2. The van der Waals surface area contributed by atoms with Crippen molar-refractivity contribution >= 4 is 39.9 Å². The summed E-state index contributed by atoms with van der Waals surface area (Å²) in [5.74, 6) is -1.04. The highest BCUT2D eigenvalue weighted by Crippen LogP contribution is 2.25. The Bertz CT molecular complexity index is 856. The van der Waals surface area contributed by atoms with Gasteiger partial charge >= 0.3 is 0 Å². The molecule has 3 amide bonds. The molecule has 1 fully saturated rings. The highest BCUT2D eigenvalue weighted by atomic mass is 32.1. The Labute approximate surface area is 156 Å². The summed E-state index contributed by atoms with van der Waals surface area (Å²) < 4.78 is 24.8. The van der Waals surface area contributed by atoms with Crippen LogP contribution in [0.25, 0.3) is 0 Å². The van der Waals surface area contributed by atoms with Crippen molar-refractivity contribution in [3.63, 3.8) is 0 Å². The van der Waals surface area contributed by atoms with Crippen LogP contribution in [-0.4, -0.2) is 41.0 Å². The van der Waals surface area contributed by atoms with Crippen LogP contribution >= 0.6 is 11.3 Å². The number of amides is 3. The Balaban J connectivity index is 1.51. The number of nitrogens with zero attached hydrogens (tertiary/aromatic N) is 3. The lowest BCUT2D eigenvalue weighted by Crippen LogP contribution is -2.32. The van der Waals surface area contributed by atoms with Gasteiger partial charge in [-0.15, -0.1) is 10.2 Å². The monoisotopic (exact) mass is 395 g/mol. The fraction of sp³-hybridized carbons (Fsp3) is 0.312. The van der Waals surface area contributed by atoms with Crippen LogP contribution in [0.2, 0.25) is 0 Å². The first-order valence-corrected chi connectivity index (χ1v) is 8.85. The van der Waals surface area contributed by atoms with E-state index in [-0.39, 0.29) is 17.6 Å². The maximum absolute atomic E-state index is 12.4. The molecule has 0 spiro atoms. The molecule has 1 aliphatic rings. The van der Waals surface area contributed by atoms with Gasteiger partial charge in [0.25, 0.3) is 12.3 Å². The van der Waals surface area contributed by atoms with Gasteiger partial charge in [-0.05, 0) is 30.7 Å². The maximum Gasteiger partial charge on any atom is 0.291 e. The molecule has 27 heavy (non-hydrogen) atoms. The summed E-state index contributed by atoms with van der Waals surface area (Å²) >= 11 is 0.565. The van der Waals surface area contributed by atoms with Gasteiger partial charge in [0.1, 0.15) is 0 Å². The minimum Gasteiger partial charge on any atom is -0.343 e. The largest absolute Gasteiger partial charge is 0.343 e. The molecule has 0 atom stereocenters. The minimum absolute atomic E-state index is 0.0514. The molecule has 2 aromatic rings. The SMILES string of the molecule is O=C(CNC(=O)c1ccc(N2CCCC2=O)cc1)Nc1nnc(C(F)F)s1. The molecule has 0 radical (unpaired) electrons. The molecule has 0 aliphatic carbocycles. The third-order valence-corrected chi connectivity index (χ3v) is 4.64. The summed E-state index contributed by atoms with van der Waals surface area (Å²) in [7, 11) is 0. The van der Waals surface area contributed by atoms with E-state index >= 15 is 0 Å². The van der Waals surface area contributed by atoms with Gasteiger partial charge in [0, 0.05) is 24.2 Å². The molecule has 0 bridgehead atoms. The van der Waals surface area contributed by atoms with E-state index in [0.29, 0.717) is 29.9 Å². The molecule has 11 heteroatoms. The van der Waals surface area contributed by atoms with Crippen molar-refractivity contribution in [1.82, 2.24) is 15.5 Å². The molecule has 2 heterocycles. The lowest BCUT2D eigenvalue weighted by atomic mass is 10.2. The van der Waals surface area contributed by atoms with Crippen molar-refractivity contribution in [3.05, 3.63) is 34.8 Å². The van der Waals surface area contributed by atoms with Gasteiger partial charge in [-0.2, -0.15) is 0 Å². The Morgan fingerprint density at radius 3 is 2.56 bits per heavy atom. The molecule has 1 saturated heterocycles. The molecule has 1 aromatic carbocycles. The molecular formula is C16H15F2N5O3S. The Morgan fingerprint density at radius 1 is 1.22 bits per heavy atom. The van der Waals surface area contributed by atoms with Crippen molar-refractivity contribution in [3.8, 4) is 0 Å².